The maximum Gasteiger partial charge on any atom is 0.161 e. The van der Waals surface area contributed by atoms with E-state index in [0.717, 1.165) is 10.2 Å². The lowest BCUT2D eigenvalue weighted by Crippen LogP contribution is -2.17. The maximum atomic E-state index is 13.4. The van der Waals surface area contributed by atoms with Crippen LogP contribution in [-0.4, -0.2) is 17.0 Å². The third kappa shape index (κ3) is 2.98. The van der Waals surface area contributed by atoms with E-state index in [4.69, 9.17) is 0 Å². The number of benzene rings is 1. The van der Waals surface area contributed by atoms with Crippen molar-refractivity contribution < 1.29 is 4.39 Å². The SMILES string of the molecule is CNc1nc(-c2cccc(F)c2)nc(C(C)(C)C)c1Br. The molecule has 2 aromatic rings. The largest absolute Gasteiger partial charge is 0.372 e. The Morgan fingerprint density at radius 2 is 1.90 bits per heavy atom. The zero-order valence-electron chi connectivity index (χ0n) is 12.0. The fourth-order valence-corrected chi connectivity index (χ4v) is 2.84. The zero-order valence-corrected chi connectivity index (χ0v) is 13.5. The standard InChI is InChI=1S/C15H17BrFN3/c1-15(2,3)12-11(16)14(18-4)20-13(19-12)9-6-5-7-10(17)8-9/h5-8H,1-4H3,(H,18,19,20). The van der Waals surface area contributed by atoms with Crippen molar-refractivity contribution in [1.29, 1.82) is 0 Å². The third-order valence-corrected chi connectivity index (χ3v) is 3.63. The van der Waals surface area contributed by atoms with E-state index < -0.39 is 0 Å². The molecule has 0 aliphatic heterocycles. The first-order valence-electron chi connectivity index (χ1n) is 6.34. The number of hydrogen-bond acceptors (Lipinski definition) is 3. The quantitative estimate of drug-likeness (QED) is 0.883. The molecule has 0 radical (unpaired) electrons. The van der Waals surface area contributed by atoms with E-state index in [0.29, 0.717) is 17.2 Å². The van der Waals surface area contributed by atoms with E-state index in [2.05, 4.69) is 52.0 Å². The molecular formula is C15H17BrFN3. The molecular weight excluding hydrogens is 321 g/mol. The molecule has 0 aliphatic carbocycles. The molecule has 2 rings (SSSR count). The van der Waals surface area contributed by atoms with Crippen molar-refractivity contribution in [3.63, 3.8) is 0 Å². The molecule has 1 N–H and O–H groups in total. The Kier molecular flexibility index (Phi) is 4.09. The van der Waals surface area contributed by atoms with E-state index in [1.54, 1.807) is 19.2 Å². The fourth-order valence-electron chi connectivity index (χ4n) is 1.87. The van der Waals surface area contributed by atoms with Gasteiger partial charge in [0.1, 0.15) is 11.6 Å². The molecule has 106 valence electrons. The highest BCUT2D eigenvalue weighted by Crippen LogP contribution is 2.34. The molecule has 3 nitrogen and oxygen atoms in total. The van der Waals surface area contributed by atoms with E-state index in [9.17, 15) is 4.39 Å². The molecule has 0 fully saturated rings. The molecule has 5 heteroatoms. The van der Waals surface area contributed by atoms with Crippen molar-refractivity contribution in [1.82, 2.24) is 9.97 Å². The minimum atomic E-state index is -0.294. The average Bonchev–Trinajstić information content (AvgIpc) is 2.37. The Labute approximate surface area is 126 Å². The highest BCUT2D eigenvalue weighted by Gasteiger charge is 2.23. The average molecular weight is 338 g/mol. The van der Waals surface area contributed by atoms with E-state index in [1.807, 2.05) is 0 Å². The summed E-state index contributed by atoms with van der Waals surface area (Å²) in [6.45, 7) is 6.23. The molecule has 0 amide bonds. The van der Waals surface area contributed by atoms with Gasteiger partial charge in [0, 0.05) is 18.0 Å². The van der Waals surface area contributed by atoms with Gasteiger partial charge in [-0.1, -0.05) is 32.9 Å². The molecule has 0 unspecified atom stereocenters. The van der Waals surface area contributed by atoms with Gasteiger partial charge in [-0.3, -0.25) is 0 Å². The van der Waals surface area contributed by atoms with Crippen molar-refractivity contribution in [2.24, 2.45) is 0 Å². The number of rotatable bonds is 2. The molecule has 0 aliphatic rings. The second kappa shape index (κ2) is 5.48. The Balaban J connectivity index is 2.66. The van der Waals surface area contributed by atoms with Gasteiger partial charge in [0.05, 0.1) is 10.2 Å². The molecule has 20 heavy (non-hydrogen) atoms. The van der Waals surface area contributed by atoms with Crippen LogP contribution in [0.1, 0.15) is 26.5 Å². The molecule has 1 aromatic carbocycles. The van der Waals surface area contributed by atoms with Crippen molar-refractivity contribution in [2.75, 3.05) is 12.4 Å². The Morgan fingerprint density at radius 1 is 1.20 bits per heavy atom. The first-order valence-corrected chi connectivity index (χ1v) is 7.14. The summed E-state index contributed by atoms with van der Waals surface area (Å²) < 4.78 is 14.2. The topological polar surface area (TPSA) is 37.8 Å². The van der Waals surface area contributed by atoms with Crippen LogP contribution in [0.4, 0.5) is 10.2 Å². The highest BCUT2D eigenvalue weighted by molar-refractivity contribution is 9.10. The summed E-state index contributed by atoms with van der Waals surface area (Å²) in [6, 6.07) is 6.31. The predicted octanol–water partition coefficient (Wildman–Crippen LogP) is 4.38. The first kappa shape index (κ1) is 14.9. The van der Waals surface area contributed by atoms with Gasteiger partial charge in [-0.2, -0.15) is 0 Å². The summed E-state index contributed by atoms with van der Waals surface area (Å²) >= 11 is 3.54. The van der Waals surface area contributed by atoms with Crippen molar-refractivity contribution in [3.8, 4) is 11.4 Å². The van der Waals surface area contributed by atoms with Crippen LogP contribution in [0.15, 0.2) is 28.7 Å². The van der Waals surface area contributed by atoms with Gasteiger partial charge in [0.15, 0.2) is 5.82 Å². The number of halogens is 2. The van der Waals surface area contributed by atoms with Gasteiger partial charge in [0.25, 0.3) is 0 Å². The summed E-state index contributed by atoms with van der Waals surface area (Å²) in [5, 5.41) is 3.04. The molecule has 0 saturated heterocycles. The van der Waals surface area contributed by atoms with Crippen molar-refractivity contribution in [3.05, 3.63) is 40.2 Å². The number of aromatic nitrogens is 2. The van der Waals surface area contributed by atoms with Crippen molar-refractivity contribution >= 4 is 21.7 Å². The molecule has 1 heterocycles. The summed E-state index contributed by atoms with van der Waals surface area (Å²) in [6.07, 6.45) is 0. The number of nitrogens with one attached hydrogen (secondary N) is 1. The first-order chi connectivity index (χ1) is 9.32. The van der Waals surface area contributed by atoms with E-state index >= 15 is 0 Å². The number of nitrogens with zero attached hydrogens (tertiary/aromatic N) is 2. The summed E-state index contributed by atoms with van der Waals surface area (Å²) in [5.41, 5.74) is 1.41. The summed E-state index contributed by atoms with van der Waals surface area (Å²) in [4.78, 5) is 9.04. The summed E-state index contributed by atoms with van der Waals surface area (Å²) in [5.74, 6) is 0.920. The summed E-state index contributed by atoms with van der Waals surface area (Å²) in [7, 11) is 1.80. The second-order valence-electron chi connectivity index (χ2n) is 5.57. The third-order valence-electron chi connectivity index (χ3n) is 2.88. The minimum absolute atomic E-state index is 0.143. The van der Waals surface area contributed by atoms with Crippen LogP contribution in [0.3, 0.4) is 0 Å². The lowest BCUT2D eigenvalue weighted by molar-refractivity contribution is 0.564. The van der Waals surface area contributed by atoms with E-state index in [1.165, 1.54) is 12.1 Å². The Morgan fingerprint density at radius 3 is 2.45 bits per heavy atom. The monoisotopic (exact) mass is 337 g/mol. The second-order valence-corrected chi connectivity index (χ2v) is 6.36. The minimum Gasteiger partial charge on any atom is -0.372 e. The van der Waals surface area contributed by atoms with Gasteiger partial charge in [0.2, 0.25) is 0 Å². The van der Waals surface area contributed by atoms with Gasteiger partial charge in [-0.15, -0.1) is 0 Å². The molecule has 0 spiro atoms. The normalized spacial score (nSPS) is 11.5. The van der Waals surface area contributed by atoms with Crippen LogP contribution in [-0.2, 0) is 5.41 Å². The molecule has 1 aromatic heterocycles. The van der Waals surface area contributed by atoms with Gasteiger partial charge < -0.3 is 5.32 Å². The van der Waals surface area contributed by atoms with Crippen LogP contribution in [0, 0.1) is 5.82 Å². The van der Waals surface area contributed by atoms with Gasteiger partial charge >= 0.3 is 0 Å². The molecule has 0 bridgehead atoms. The maximum absolute atomic E-state index is 13.4. The molecule has 0 saturated carbocycles. The van der Waals surface area contributed by atoms with Crippen LogP contribution in [0.5, 0.6) is 0 Å². The van der Waals surface area contributed by atoms with Crippen molar-refractivity contribution in [2.45, 2.75) is 26.2 Å². The number of hydrogen-bond donors (Lipinski definition) is 1. The zero-order chi connectivity index (χ0) is 14.9. The lowest BCUT2D eigenvalue weighted by atomic mass is 9.91. The van der Waals surface area contributed by atoms with Crippen LogP contribution in [0.25, 0.3) is 11.4 Å². The number of anilines is 1. The van der Waals surface area contributed by atoms with Crippen LogP contribution in [0.2, 0.25) is 0 Å². The van der Waals surface area contributed by atoms with Crippen LogP contribution < -0.4 is 5.32 Å². The van der Waals surface area contributed by atoms with Gasteiger partial charge in [-0.25, -0.2) is 14.4 Å². The smallest absolute Gasteiger partial charge is 0.161 e. The Hall–Kier alpha value is -1.49. The lowest BCUT2D eigenvalue weighted by Gasteiger charge is -2.21. The fraction of sp³-hybridized carbons (Fsp3) is 0.333. The predicted molar refractivity (Wildman–Crippen MR) is 83.4 cm³/mol. The van der Waals surface area contributed by atoms with E-state index in [-0.39, 0.29) is 11.2 Å². The Bertz CT molecular complexity index is 636. The highest BCUT2D eigenvalue weighted by atomic mass is 79.9. The van der Waals surface area contributed by atoms with Gasteiger partial charge in [-0.05, 0) is 28.1 Å². The van der Waals surface area contributed by atoms with Crippen LogP contribution >= 0.6 is 15.9 Å². The molecule has 0 atom stereocenters.